The minimum Gasteiger partial charge on any atom is -0.496 e. The number of H-pyrrole nitrogens is 1. The molecule has 2 N–H and O–H groups in total. The molecule has 0 atom stereocenters. The average molecular weight is 466 g/mol. The molecule has 35 heavy (non-hydrogen) atoms. The smallest absolute Gasteiger partial charge is 0.251 e. The number of pyridine rings is 2. The molecule has 0 radical (unpaired) electrons. The minimum atomic E-state index is -0.0955. The van der Waals surface area contributed by atoms with Gasteiger partial charge in [-0.2, -0.15) is 0 Å². The first kappa shape index (κ1) is 22.6. The first-order valence-electron chi connectivity index (χ1n) is 11.5. The highest BCUT2D eigenvalue weighted by atomic mass is 16.5. The van der Waals surface area contributed by atoms with Crippen molar-refractivity contribution < 1.29 is 9.53 Å². The minimum absolute atomic E-state index is 0.0955. The summed E-state index contributed by atoms with van der Waals surface area (Å²) in [7, 11) is 5.63. The summed E-state index contributed by atoms with van der Waals surface area (Å²) in [6.07, 6.45) is 5.41. The molecular weight excluding hydrogens is 438 g/mol. The Hall–Kier alpha value is -4.23. The largest absolute Gasteiger partial charge is 0.496 e. The molecule has 0 aliphatic heterocycles. The second kappa shape index (κ2) is 9.56. The molecule has 7 heteroatoms. The fourth-order valence-corrected chi connectivity index (χ4v) is 4.31. The van der Waals surface area contributed by atoms with Crippen LogP contribution in [0.1, 0.15) is 10.4 Å². The third kappa shape index (κ3) is 4.46. The van der Waals surface area contributed by atoms with Gasteiger partial charge < -0.3 is 19.9 Å². The van der Waals surface area contributed by atoms with Crippen LogP contribution in [0.4, 0.5) is 0 Å². The molecular formula is C28H27N5O2. The number of ether oxygens (including phenoxy) is 1. The number of hydrogen-bond acceptors (Lipinski definition) is 5. The van der Waals surface area contributed by atoms with Gasteiger partial charge in [-0.3, -0.25) is 14.8 Å². The van der Waals surface area contributed by atoms with Crippen molar-refractivity contribution in [3.05, 3.63) is 78.8 Å². The lowest BCUT2D eigenvalue weighted by molar-refractivity contribution is 0.0951. The van der Waals surface area contributed by atoms with Gasteiger partial charge in [0.25, 0.3) is 5.91 Å². The van der Waals surface area contributed by atoms with E-state index in [1.165, 1.54) is 0 Å². The molecule has 0 aliphatic carbocycles. The highest BCUT2D eigenvalue weighted by Crippen LogP contribution is 2.41. The average Bonchev–Trinajstić information content (AvgIpc) is 3.26. The molecule has 5 aromatic rings. The number of nitrogens with zero attached hydrogens (tertiary/aromatic N) is 3. The SMILES string of the molecule is COc1ccc2[nH]c3cnc(-c4cccnc4)cc3c2c1-c1cccc(C(=O)NCCN(C)C)c1. The molecule has 2 aromatic carbocycles. The van der Waals surface area contributed by atoms with Crippen molar-refractivity contribution >= 4 is 27.7 Å². The molecule has 1 amide bonds. The maximum absolute atomic E-state index is 12.8. The number of benzene rings is 2. The van der Waals surface area contributed by atoms with Gasteiger partial charge in [-0.1, -0.05) is 12.1 Å². The number of aromatic amines is 1. The second-order valence-corrected chi connectivity index (χ2v) is 8.69. The molecule has 0 fully saturated rings. The number of carbonyl (C=O) groups is 1. The normalized spacial score (nSPS) is 11.3. The van der Waals surface area contributed by atoms with Crippen LogP contribution >= 0.6 is 0 Å². The van der Waals surface area contributed by atoms with Crippen LogP contribution in [0.25, 0.3) is 44.2 Å². The molecule has 176 valence electrons. The summed E-state index contributed by atoms with van der Waals surface area (Å²) in [6.45, 7) is 1.36. The van der Waals surface area contributed by atoms with Crippen LogP contribution < -0.4 is 10.1 Å². The lowest BCUT2D eigenvalue weighted by Crippen LogP contribution is -2.31. The van der Waals surface area contributed by atoms with Gasteiger partial charge in [0.05, 0.1) is 24.5 Å². The van der Waals surface area contributed by atoms with Crippen molar-refractivity contribution in [3.8, 4) is 28.1 Å². The van der Waals surface area contributed by atoms with Gasteiger partial charge >= 0.3 is 0 Å². The van der Waals surface area contributed by atoms with E-state index in [9.17, 15) is 4.79 Å². The van der Waals surface area contributed by atoms with Crippen LogP contribution in [0.3, 0.4) is 0 Å². The number of likely N-dealkylation sites (N-methyl/N-ethyl adjacent to an activating group) is 1. The van der Waals surface area contributed by atoms with E-state index in [2.05, 4.69) is 26.3 Å². The molecule has 0 saturated heterocycles. The van der Waals surface area contributed by atoms with Crippen molar-refractivity contribution in [2.45, 2.75) is 0 Å². The molecule has 0 spiro atoms. The molecule has 0 aliphatic rings. The van der Waals surface area contributed by atoms with Gasteiger partial charge in [0.15, 0.2) is 0 Å². The zero-order valence-corrected chi connectivity index (χ0v) is 20.0. The summed E-state index contributed by atoms with van der Waals surface area (Å²) < 4.78 is 5.79. The van der Waals surface area contributed by atoms with E-state index in [1.54, 1.807) is 13.3 Å². The summed E-state index contributed by atoms with van der Waals surface area (Å²) in [5.41, 5.74) is 6.15. The van der Waals surface area contributed by atoms with Crippen molar-refractivity contribution in [1.82, 2.24) is 25.2 Å². The number of amides is 1. The predicted octanol–water partition coefficient (Wildman–Crippen LogP) is 4.75. The maximum Gasteiger partial charge on any atom is 0.251 e. The van der Waals surface area contributed by atoms with E-state index >= 15 is 0 Å². The Kier molecular flexibility index (Phi) is 6.16. The van der Waals surface area contributed by atoms with E-state index in [1.807, 2.05) is 79.9 Å². The van der Waals surface area contributed by atoms with Crippen LogP contribution in [0.5, 0.6) is 5.75 Å². The van der Waals surface area contributed by atoms with Crippen LogP contribution in [0, 0.1) is 0 Å². The van der Waals surface area contributed by atoms with Gasteiger partial charge in [-0.05, 0) is 62.1 Å². The Labute approximate surface area is 203 Å². The molecule has 3 heterocycles. The van der Waals surface area contributed by atoms with E-state index in [0.29, 0.717) is 12.1 Å². The Morgan fingerprint density at radius 1 is 1.03 bits per heavy atom. The summed E-state index contributed by atoms with van der Waals surface area (Å²) in [5.74, 6) is 0.644. The number of hydrogen-bond donors (Lipinski definition) is 2. The first-order chi connectivity index (χ1) is 17.0. The number of fused-ring (bicyclic) bond motifs is 3. The Morgan fingerprint density at radius 2 is 1.89 bits per heavy atom. The third-order valence-electron chi connectivity index (χ3n) is 6.04. The van der Waals surface area contributed by atoms with Gasteiger partial charge in [-0.15, -0.1) is 0 Å². The van der Waals surface area contributed by atoms with Crippen molar-refractivity contribution in [2.24, 2.45) is 0 Å². The fourth-order valence-electron chi connectivity index (χ4n) is 4.31. The quantitative estimate of drug-likeness (QED) is 0.363. The molecule has 0 unspecified atom stereocenters. The van der Waals surface area contributed by atoms with Gasteiger partial charge in [-0.25, -0.2) is 0 Å². The third-order valence-corrected chi connectivity index (χ3v) is 6.04. The number of nitrogens with one attached hydrogen (secondary N) is 2. The van der Waals surface area contributed by atoms with Gasteiger partial charge in [0.1, 0.15) is 5.75 Å². The van der Waals surface area contributed by atoms with Crippen molar-refractivity contribution in [3.63, 3.8) is 0 Å². The van der Waals surface area contributed by atoms with E-state index in [-0.39, 0.29) is 5.91 Å². The van der Waals surface area contributed by atoms with E-state index in [0.717, 1.165) is 56.5 Å². The summed E-state index contributed by atoms with van der Waals surface area (Å²) in [6, 6.07) is 17.6. The van der Waals surface area contributed by atoms with Crippen LogP contribution in [-0.2, 0) is 0 Å². The van der Waals surface area contributed by atoms with Crippen molar-refractivity contribution in [2.75, 3.05) is 34.3 Å². The summed E-state index contributed by atoms with van der Waals surface area (Å²) in [5, 5.41) is 5.05. The van der Waals surface area contributed by atoms with Crippen LogP contribution in [0.15, 0.2) is 73.2 Å². The Morgan fingerprint density at radius 3 is 2.66 bits per heavy atom. The standard InChI is InChI=1S/C28H27N5O2/c1-33(2)13-12-30-28(34)19-7-4-6-18(14-19)26-25(35-3)10-9-22-27(26)21-15-23(31-17-24(21)32-22)20-8-5-11-29-16-20/h4-11,14-17,32H,12-13H2,1-3H3,(H,30,34). The molecule has 0 bridgehead atoms. The highest BCUT2D eigenvalue weighted by Gasteiger charge is 2.18. The lowest BCUT2D eigenvalue weighted by Gasteiger charge is -2.13. The van der Waals surface area contributed by atoms with Gasteiger partial charge in [0, 0.05) is 58.5 Å². The molecule has 7 nitrogen and oxygen atoms in total. The maximum atomic E-state index is 12.8. The Balaban J connectivity index is 1.65. The monoisotopic (exact) mass is 465 g/mol. The predicted molar refractivity (Wildman–Crippen MR) is 140 cm³/mol. The highest BCUT2D eigenvalue weighted by molar-refractivity contribution is 6.16. The molecule has 5 rings (SSSR count). The summed E-state index contributed by atoms with van der Waals surface area (Å²) in [4.78, 5) is 27.2. The Bertz CT molecular complexity index is 1510. The van der Waals surface area contributed by atoms with E-state index < -0.39 is 0 Å². The topological polar surface area (TPSA) is 83.1 Å². The zero-order chi connectivity index (χ0) is 24.4. The van der Waals surface area contributed by atoms with Crippen LogP contribution in [-0.4, -0.2) is 60.1 Å². The zero-order valence-electron chi connectivity index (χ0n) is 20.0. The number of rotatable bonds is 7. The first-order valence-corrected chi connectivity index (χ1v) is 11.5. The van der Waals surface area contributed by atoms with Crippen molar-refractivity contribution in [1.29, 1.82) is 0 Å². The number of methoxy groups -OCH3 is 1. The van der Waals surface area contributed by atoms with Gasteiger partial charge in [0.2, 0.25) is 0 Å². The van der Waals surface area contributed by atoms with Crippen LogP contribution in [0.2, 0.25) is 0 Å². The molecule has 0 saturated carbocycles. The summed E-state index contributed by atoms with van der Waals surface area (Å²) >= 11 is 0. The molecule has 3 aromatic heterocycles. The lowest BCUT2D eigenvalue weighted by atomic mass is 9.96. The number of carbonyl (C=O) groups excluding carboxylic acids is 1. The van der Waals surface area contributed by atoms with E-state index in [4.69, 9.17) is 4.74 Å². The number of aromatic nitrogens is 3. The second-order valence-electron chi connectivity index (χ2n) is 8.69. The fraction of sp³-hybridized carbons (Fsp3) is 0.179.